The van der Waals surface area contributed by atoms with Crippen molar-refractivity contribution in [2.75, 3.05) is 0 Å². The van der Waals surface area contributed by atoms with E-state index in [1.54, 1.807) is 0 Å². The second-order valence-electron chi connectivity index (χ2n) is 9.51. The molecule has 0 aromatic heterocycles. The van der Waals surface area contributed by atoms with Crippen molar-refractivity contribution in [1.82, 2.24) is 0 Å². The smallest absolute Gasteiger partial charge is 0.165 e. The van der Waals surface area contributed by atoms with Gasteiger partial charge in [0.05, 0.1) is 6.10 Å². The maximum Gasteiger partial charge on any atom is 0.165 e. The van der Waals surface area contributed by atoms with Crippen molar-refractivity contribution in [3.05, 3.63) is 12.2 Å². The minimum atomic E-state index is -0.190. The fourth-order valence-corrected chi connectivity index (χ4v) is 7.33. The van der Waals surface area contributed by atoms with Gasteiger partial charge < -0.3 is 5.11 Å². The van der Waals surface area contributed by atoms with Crippen LogP contribution in [0.25, 0.3) is 0 Å². The van der Waals surface area contributed by atoms with Crippen molar-refractivity contribution in [2.45, 2.75) is 71.8 Å². The van der Waals surface area contributed by atoms with E-state index in [-0.39, 0.29) is 22.3 Å². The lowest BCUT2D eigenvalue weighted by Gasteiger charge is -2.64. The van der Waals surface area contributed by atoms with Crippen molar-refractivity contribution < 1.29 is 9.90 Å². The van der Waals surface area contributed by atoms with E-state index < -0.39 is 0 Å². The maximum atomic E-state index is 13.0. The van der Waals surface area contributed by atoms with Crippen LogP contribution in [-0.2, 0) is 4.79 Å². The molecule has 2 nitrogen and oxygen atoms in total. The highest BCUT2D eigenvalue weighted by Crippen LogP contribution is 2.70. The Morgan fingerprint density at radius 2 is 1.77 bits per heavy atom. The van der Waals surface area contributed by atoms with Gasteiger partial charge in [-0.2, -0.15) is 0 Å². The minimum absolute atomic E-state index is 0.0237. The second-order valence-corrected chi connectivity index (χ2v) is 9.51. The van der Waals surface area contributed by atoms with Crippen LogP contribution in [0, 0.1) is 34.0 Å². The van der Waals surface area contributed by atoms with E-state index >= 15 is 0 Å². The van der Waals surface area contributed by atoms with Crippen LogP contribution in [0.2, 0.25) is 0 Å². The summed E-state index contributed by atoms with van der Waals surface area (Å²) in [6.07, 6.45) is 7.33. The number of fused-ring (bicyclic) bond motifs is 3. The highest BCUT2D eigenvalue weighted by Gasteiger charge is 2.67. The van der Waals surface area contributed by atoms with Crippen LogP contribution in [0.4, 0.5) is 0 Å². The fraction of sp³-hybridized carbons (Fsp3) is 0.850. The number of aliphatic hydroxyl groups is 1. The third-order valence-corrected chi connectivity index (χ3v) is 8.50. The molecule has 0 aliphatic heterocycles. The highest BCUT2D eigenvalue weighted by atomic mass is 16.3. The lowest BCUT2D eigenvalue weighted by atomic mass is 9.40. The highest BCUT2D eigenvalue weighted by molar-refractivity contribution is 6.03. The first-order chi connectivity index (χ1) is 10.2. The normalized spacial score (nSPS) is 53.1. The van der Waals surface area contributed by atoms with E-state index in [0.29, 0.717) is 23.5 Å². The van der Waals surface area contributed by atoms with Gasteiger partial charge in [0.1, 0.15) is 0 Å². The monoisotopic (exact) mass is 302 g/mol. The lowest BCUT2D eigenvalue weighted by molar-refractivity contribution is -0.183. The summed E-state index contributed by atoms with van der Waals surface area (Å²) in [5.41, 5.74) is 1.03. The molecule has 1 N–H and O–H groups in total. The number of aliphatic hydroxyl groups excluding tert-OH is 1. The molecule has 1 spiro atoms. The van der Waals surface area contributed by atoms with E-state index in [4.69, 9.17) is 0 Å². The van der Waals surface area contributed by atoms with Gasteiger partial charge in [-0.15, -0.1) is 0 Å². The van der Waals surface area contributed by atoms with Gasteiger partial charge in [0.15, 0.2) is 5.78 Å². The van der Waals surface area contributed by atoms with Crippen molar-refractivity contribution >= 4 is 5.78 Å². The molecule has 22 heavy (non-hydrogen) atoms. The Morgan fingerprint density at radius 1 is 1.05 bits per heavy atom. The number of Topliss-reactive ketones (excluding diaryl/α,β-unsaturated/α-hetero) is 1. The molecule has 122 valence electrons. The van der Waals surface area contributed by atoms with Crippen LogP contribution < -0.4 is 0 Å². The Hall–Kier alpha value is -0.630. The molecule has 0 aromatic carbocycles. The number of hydrogen-bond acceptors (Lipinski definition) is 2. The zero-order valence-electron chi connectivity index (χ0n) is 14.3. The molecule has 2 heteroatoms. The molecular weight excluding hydrogens is 272 g/mol. The number of carbonyl (C=O) groups is 1. The average molecular weight is 302 g/mol. The van der Waals surface area contributed by atoms with Gasteiger partial charge in [-0.05, 0) is 79.1 Å². The van der Waals surface area contributed by atoms with E-state index in [1.165, 1.54) is 6.42 Å². The molecule has 4 rings (SSSR count). The van der Waals surface area contributed by atoms with E-state index in [9.17, 15) is 9.90 Å². The Bertz CT molecular complexity index is 548. The first kappa shape index (κ1) is 14.9. The summed E-state index contributed by atoms with van der Waals surface area (Å²) < 4.78 is 0. The van der Waals surface area contributed by atoms with Gasteiger partial charge in [-0.25, -0.2) is 0 Å². The minimum Gasteiger partial charge on any atom is -0.393 e. The molecule has 4 aliphatic carbocycles. The molecule has 0 amide bonds. The summed E-state index contributed by atoms with van der Waals surface area (Å²) in [6, 6.07) is 0. The molecule has 6 atom stereocenters. The van der Waals surface area contributed by atoms with Gasteiger partial charge in [-0.3, -0.25) is 4.79 Å². The first-order valence-corrected chi connectivity index (χ1v) is 9.15. The third kappa shape index (κ3) is 1.53. The predicted octanol–water partition coefficient (Wildman–Crippen LogP) is 4.13. The maximum absolute atomic E-state index is 13.0. The topological polar surface area (TPSA) is 37.3 Å². The Labute approximate surface area is 134 Å². The number of carbonyl (C=O) groups excluding carboxylic acids is 1. The van der Waals surface area contributed by atoms with Crippen molar-refractivity contribution in [2.24, 2.45) is 34.0 Å². The van der Waals surface area contributed by atoms with E-state index in [1.807, 2.05) is 0 Å². The van der Waals surface area contributed by atoms with Crippen LogP contribution in [-0.4, -0.2) is 17.0 Å². The molecule has 0 radical (unpaired) electrons. The Balaban J connectivity index is 1.78. The summed E-state index contributed by atoms with van der Waals surface area (Å²) >= 11 is 0. The molecule has 4 aliphatic rings. The number of allylic oxidation sites excluding steroid dienone is 1. The van der Waals surface area contributed by atoms with Crippen LogP contribution in [0.3, 0.4) is 0 Å². The summed E-state index contributed by atoms with van der Waals surface area (Å²) in [7, 11) is 0. The lowest BCUT2D eigenvalue weighted by Crippen LogP contribution is -2.60. The zero-order chi connectivity index (χ0) is 15.9. The number of ketones is 1. The second kappa shape index (κ2) is 4.26. The van der Waals surface area contributed by atoms with Crippen molar-refractivity contribution in [3.8, 4) is 0 Å². The number of rotatable bonds is 0. The SMILES string of the molecule is C=C1C(=O)[C@@]23CC[C@@H]4C(C)(C)[C@H](O)CC[C@@]4(C)[C@@H]2CC[C@@H]1C3. The molecular formula is C20H30O2. The van der Waals surface area contributed by atoms with E-state index in [2.05, 4.69) is 27.4 Å². The summed E-state index contributed by atoms with van der Waals surface area (Å²) in [5.74, 6) is 1.92. The first-order valence-electron chi connectivity index (χ1n) is 9.15. The standard InChI is InChI=1S/C20H30O2/c1-12-13-5-6-15-19(4)9-8-16(21)18(2,3)14(19)7-10-20(15,11-13)17(12)22/h13-16,21H,1,5-11H2,2-4H3/t13-,14-,15+,16-,19-,20-/m1/s1. The molecule has 4 saturated carbocycles. The molecule has 0 saturated heterocycles. The predicted molar refractivity (Wildman–Crippen MR) is 87.3 cm³/mol. The summed E-state index contributed by atoms with van der Waals surface area (Å²) in [4.78, 5) is 13.0. The number of hydrogen-bond donors (Lipinski definition) is 1. The van der Waals surface area contributed by atoms with Crippen molar-refractivity contribution in [3.63, 3.8) is 0 Å². The van der Waals surface area contributed by atoms with Crippen molar-refractivity contribution in [1.29, 1.82) is 0 Å². The van der Waals surface area contributed by atoms with Crippen LogP contribution in [0.1, 0.15) is 65.7 Å². The zero-order valence-corrected chi connectivity index (χ0v) is 14.3. The molecule has 0 aromatic rings. The van der Waals surface area contributed by atoms with Gasteiger partial charge in [0.2, 0.25) is 0 Å². The van der Waals surface area contributed by atoms with Gasteiger partial charge in [0.25, 0.3) is 0 Å². The van der Waals surface area contributed by atoms with Crippen LogP contribution in [0.15, 0.2) is 12.2 Å². The van der Waals surface area contributed by atoms with Gasteiger partial charge >= 0.3 is 0 Å². The summed E-state index contributed by atoms with van der Waals surface area (Å²) in [5, 5.41) is 10.5. The third-order valence-electron chi connectivity index (χ3n) is 8.50. The van der Waals surface area contributed by atoms with Gasteiger partial charge in [-0.1, -0.05) is 27.4 Å². The Kier molecular flexibility index (Phi) is 2.89. The van der Waals surface area contributed by atoms with Gasteiger partial charge in [0, 0.05) is 5.41 Å². The average Bonchev–Trinajstić information content (AvgIpc) is 2.65. The van der Waals surface area contributed by atoms with E-state index in [0.717, 1.165) is 44.1 Å². The quantitative estimate of drug-likeness (QED) is 0.683. The largest absolute Gasteiger partial charge is 0.393 e. The molecule has 0 heterocycles. The van der Waals surface area contributed by atoms with Crippen LogP contribution >= 0.6 is 0 Å². The fourth-order valence-electron chi connectivity index (χ4n) is 7.33. The molecule has 2 bridgehead atoms. The Morgan fingerprint density at radius 3 is 2.50 bits per heavy atom. The molecule has 0 unspecified atom stereocenters. The summed E-state index contributed by atoms with van der Waals surface area (Å²) in [6.45, 7) is 11.1. The van der Waals surface area contributed by atoms with Crippen LogP contribution in [0.5, 0.6) is 0 Å². The molecule has 4 fully saturated rings.